The van der Waals surface area contributed by atoms with E-state index in [0.29, 0.717) is 34.8 Å². The zero-order chi connectivity index (χ0) is 25.8. The number of nitrogens with zero attached hydrogens (tertiary/aromatic N) is 1. The number of aliphatic hydroxyl groups excluding tert-OH is 1. The number of aromatic carboxylic acids is 1. The second-order valence-corrected chi connectivity index (χ2v) is 8.17. The highest BCUT2D eigenvalue weighted by atomic mass is 16.5. The maximum absolute atomic E-state index is 13.3. The topological polar surface area (TPSA) is 113 Å². The first-order chi connectivity index (χ1) is 17.3. The van der Waals surface area contributed by atoms with Crippen LogP contribution in [0.25, 0.3) is 5.76 Å². The van der Waals surface area contributed by atoms with E-state index in [4.69, 9.17) is 9.47 Å². The number of ketones is 1. The number of aliphatic hydroxyl groups is 1. The van der Waals surface area contributed by atoms with Gasteiger partial charge in [0, 0.05) is 12.1 Å². The van der Waals surface area contributed by atoms with Crippen LogP contribution in [0.2, 0.25) is 0 Å². The summed E-state index contributed by atoms with van der Waals surface area (Å²) in [6, 6.07) is 18.8. The Morgan fingerprint density at radius 1 is 0.917 bits per heavy atom. The van der Waals surface area contributed by atoms with E-state index < -0.39 is 23.7 Å². The summed E-state index contributed by atoms with van der Waals surface area (Å²) in [4.78, 5) is 39.1. The maximum atomic E-state index is 13.3. The molecule has 36 heavy (non-hydrogen) atoms. The van der Waals surface area contributed by atoms with Gasteiger partial charge in [-0.15, -0.1) is 0 Å². The van der Waals surface area contributed by atoms with Crippen molar-refractivity contribution in [1.82, 2.24) is 4.90 Å². The molecular weight excluding hydrogens is 462 g/mol. The van der Waals surface area contributed by atoms with E-state index in [9.17, 15) is 24.6 Å². The Morgan fingerprint density at radius 2 is 1.61 bits per heavy atom. The number of Topliss-reactive ketones (excluding diaryl/α,β-unsaturated/α-hetero) is 1. The molecule has 3 aromatic rings. The largest absolute Gasteiger partial charge is 0.507 e. The molecule has 1 aliphatic rings. The van der Waals surface area contributed by atoms with Crippen LogP contribution in [0.1, 0.15) is 40.0 Å². The van der Waals surface area contributed by atoms with Crippen molar-refractivity contribution in [3.8, 4) is 11.5 Å². The fourth-order valence-electron chi connectivity index (χ4n) is 4.21. The van der Waals surface area contributed by atoms with E-state index >= 15 is 0 Å². The van der Waals surface area contributed by atoms with Gasteiger partial charge in [-0.2, -0.15) is 0 Å². The summed E-state index contributed by atoms with van der Waals surface area (Å²) in [7, 11) is 1.51. The Labute approximate surface area is 208 Å². The Hall–Kier alpha value is -4.59. The summed E-state index contributed by atoms with van der Waals surface area (Å²) >= 11 is 0. The number of hydrogen-bond acceptors (Lipinski definition) is 6. The van der Waals surface area contributed by atoms with E-state index in [-0.39, 0.29) is 23.4 Å². The smallest absolute Gasteiger partial charge is 0.335 e. The number of rotatable bonds is 8. The number of ether oxygens (including phenoxy) is 2. The first-order valence-electron chi connectivity index (χ1n) is 11.3. The number of carboxylic acid groups (broad SMARTS) is 1. The summed E-state index contributed by atoms with van der Waals surface area (Å²) in [6.45, 7) is 2.30. The monoisotopic (exact) mass is 487 g/mol. The summed E-state index contributed by atoms with van der Waals surface area (Å²) in [5.41, 5.74) is 1.62. The van der Waals surface area contributed by atoms with Gasteiger partial charge in [-0.1, -0.05) is 36.4 Å². The van der Waals surface area contributed by atoms with Gasteiger partial charge in [0.2, 0.25) is 0 Å². The van der Waals surface area contributed by atoms with E-state index in [0.717, 1.165) is 0 Å². The lowest BCUT2D eigenvalue weighted by Crippen LogP contribution is -2.29. The van der Waals surface area contributed by atoms with Gasteiger partial charge in [-0.3, -0.25) is 9.59 Å². The average Bonchev–Trinajstić information content (AvgIpc) is 3.14. The predicted molar refractivity (Wildman–Crippen MR) is 132 cm³/mol. The highest BCUT2D eigenvalue weighted by Gasteiger charge is 2.46. The van der Waals surface area contributed by atoms with Gasteiger partial charge in [0.15, 0.2) is 0 Å². The molecule has 4 rings (SSSR count). The number of carbonyl (C=O) groups is 3. The Bertz CT molecular complexity index is 1340. The molecule has 0 spiro atoms. The van der Waals surface area contributed by atoms with Crippen molar-refractivity contribution in [2.75, 3.05) is 13.7 Å². The summed E-state index contributed by atoms with van der Waals surface area (Å²) in [5.74, 6) is -1.91. The molecule has 1 unspecified atom stereocenters. The number of likely N-dealkylation sites (tertiary alicyclic amines) is 1. The highest BCUT2D eigenvalue weighted by Crippen LogP contribution is 2.41. The molecule has 0 radical (unpaired) electrons. The standard InChI is InChI=1S/C28H25NO7/c1-3-36-22-9-5-7-20(15-22)25(30)23-24(19-6-4-8-21(14-19)35-2)29(27(32)26(23)31)16-17-10-12-18(13-11-17)28(33)34/h4-15,24,30H,3,16H2,1-2H3,(H,33,34)/b25-23+. The molecule has 1 heterocycles. The molecule has 8 heteroatoms. The molecule has 1 aliphatic heterocycles. The third-order valence-electron chi connectivity index (χ3n) is 5.92. The molecular formula is C28H25NO7. The SMILES string of the molecule is CCOc1cccc(/C(O)=C2\C(=O)C(=O)N(Cc3ccc(C(=O)O)cc3)C2c2cccc(OC)c2)c1. The molecule has 1 amide bonds. The lowest BCUT2D eigenvalue weighted by atomic mass is 9.95. The Kier molecular flexibility index (Phi) is 7.05. The number of methoxy groups -OCH3 is 1. The highest BCUT2D eigenvalue weighted by molar-refractivity contribution is 6.46. The summed E-state index contributed by atoms with van der Waals surface area (Å²) in [6.07, 6.45) is 0. The van der Waals surface area contributed by atoms with Crippen LogP contribution in [0, 0.1) is 0 Å². The first kappa shape index (κ1) is 24.5. The first-order valence-corrected chi connectivity index (χ1v) is 11.3. The summed E-state index contributed by atoms with van der Waals surface area (Å²) < 4.78 is 10.9. The Balaban J connectivity index is 1.83. The molecule has 3 aromatic carbocycles. The van der Waals surface area contributed by atoms with Crippen LogP contribution in [-0.4, -0.2) is 46.5 Å². The minimum absolute atomic E-state index is 0.0299. The molecule has 0 saturated carbocycles. The fraction of sp³-hybridized carbons (Fsp3) is 0.179. The van der Waals surface area contributed by atoms with E-state index in [1.807, 2.05) is 6.92 Å². The van der Waals surface area contributed by atoms with Gasteiger partial charge in [0.1, 0.15) is 17.3 Å². The third kappa shape index (κ3) is 4.79. The van der Waals surface area contributed by atoms with E-state index in [2.05, 4.69) is 0 Å². The van der Waals surface area contributed by atoms with E-state index in [1.165, 1.54) is 24.1 Å². The van der Waals surface area contributed by atoms with Crippen molar-refractivity contribution < 1.29 is 34.1 Å². The van der Waals surface area contributed by atoms with Gasteiger partial charge >= 0.3 is 5.97 Å². The zero-order valence-corrected chi connectivity index (χ0v) is 19.8. The second-order valence-electron chi connectivity index (χ2n) is 8.17. The number of hydrogen-bond donors (Lipinski definition) is 2. The molecule has 8 nitrogen and oxygen atoms in total. The lowest BCUT2D eigenvalue weighted by molar-refractivity contribution is -0.140. The minimum atomic E-state index is -1.06. The molecule has 1 saturated heterocycles. The molecule has 1 fully saturated rings. The van der Waals surface area contributed by atoms with Crippen LogP contribution < -0.4 is 9.47 Å². The molecule has 0 aromatic heterocycles. The number of amides is 1. The van der Waals surface area contributed by atoms with Crippen LogP contribution in [0.5, 0.6) is 11.5 Å². The van der Waals surface area contributed by atoms with Gasteiger partial charge in [-0.25, -0.2) is 4.79 Å². The van der Waals surface area contributed by atoms with Gasteiger partial charge in [0.25, 0.3) is 11.7 Å². The maximum Gasteiger partial charge on any atom is 0.335 e. The van der Waals surface area contributed by atoms with Gasteiger partial charge in [0.05, 0.1) is 30.9 Å². The Morgan fingerprint density at radius 3 is 2.28 bits per heavy atom. The van der Waals surface area contributed by atoms with Crippen LogP contribution in [0.15, 0.2) is 78.4 Å². The molecule has 0 bridgehead atoms. The summed E-state index contributed by atoms with van der Waals surface area (Å²) in [5, 5.41) is 20.4. The van der Waals surface area contributed by atoms with E-state index in [1.54, 1.807) is 60.7 Å². The van der Waals surface area contributed by atoms with Crippen molar-refractivity contribution in [3.63, 3.8) is 0 Å². The molecule has 2 N–H and O–H groups in total. The van der Waals surface area contributed by atoms with Crippen LogP contribution >= 0.6 is 0 Å². The lowest BCUT2D eigenvalue weighted by Gasteiger charge is -2.26. The van der Waals surface area contributed by atoms with Crippen molar-refractivity contribution in [3.05, 3.63) is 101 Å². The minimum Gasteiger partial charge on any atom is -0.507 e. The number of benzene rings is 3. The van der Waals surface area contributed by atoms with Crippen LogP contribution in [-0.2, 0) is 16.1 Å². The third-order valence-corrected chi connectivity index (χ3v) is 5.92. The normalized spacial score (nSPS) is 16.7. The number of carbonyl (C=O) groups excluding carboxylic acids is 2. The zero-order valence-electron chi connectivity index (χ0n) is 19.8. The molecule has 184 valence electrons. The molecule has 1 atom stereocenters. The molecule has 0 aliphatic carbocycles. The van der Waals surface area contributed by atoms with Gasteiger partial charge < -0.3 is 24.6 Å². The van der Waals surface area contributed by atoms with Crippen molar-refractivity contribution in [2.24, 2.45) is 0 Å². The van der Waals surface area contributed by atoms with Crippen molar-refractivity contribution in [1.29, 1.82) is 0 Å². The number of carboxylic acids is 1. The van der Waals surface area contributed by atoms with Crippen molar-refractivity contribution in [2.45, 2.75) is 19.5 Å². The average molecular weight is 488 g/mol. The quantitative estimate of drug-likeness (QED) is 0.275. The predicted octanol–water partition coefficient (Wildman–Crippen LogP) is 4.41. The van der Waals surface area contributed by atoms with Crippen molar-refractivity contribution >= 4 is 23.4 Å². The second kappa shape index (κ2) is 10.4. The van der Waals surface area contributed by atoms with Crippen LogP contribution in [0.4, 0.5) is 0 Å². The fourth-order valence-corrected chi connectivity index (χ4v) is 4.21. The van der Waals surface area contributed by atoms with Gasteiger partial charge in [-0.05, 0) is 54.4 Å². The van der Waals surface area contributed by atoms with Crippen LogP contribution in [0.3, 0.4) is 0 Å².